The number of anilines is 1. The van der Waals surface area contributed by atoms with E-state index in [4.69, 9.17) is 11.5 Å². The molecule has 0 aromatic heterocycles. The Hall–Kier alpha value is -4.25. The summed E-state index contributed by atoms with van der Waals surface area (Å²) in [4.78, 5) is 37.7. The number of fused-ring (bicyclic) bond motifs is 1. The van der Waals surface area contributed by atoms with Gasteiger partial charge in [0.2, 0.25) is 16.6 Å². The third-order valence-electron chi connectivity index (χ3n) is 6.15. The summed E-state index contributed by atoms with van der Waals surface area (Å²) in [6, 6.07) is 15.2. The summed E-state index contributed by atoms with van der Waals surface area (Å²) in [7, 11) is -1.10. The molecule has 0 saturated carbocycles. The lowest BCUT2D eigenvalue weighted by atomic mass is 9.96. The first-order valence-corrected chi connectivity index (χ1v) is 12.3. The molecule has 1 atom stereocenters. The SMILES string of the molecule is C=CC(c1cccc2c(N(C)C)cccc12)S(=O)(=O)C(Cc1ccc([N+](=O)[O-])cc1)(C(N)=O)C(N)=O. The smallest absolute Gasteiger partial charge is 0.269 e. The summed E-state index contributed by atoms with van der Waals surface area (Å²) in [5.41, 5.74) is 12.2. The first-order valence-electron chi connectivity index (χ1n) is 10.8. The molecule has 0 saturated heterocycles. The second-order valence-corrected chi connectivity index (χ2v) is 10.8. The van der Waals surface area contributed by atoms with Gasteiger partial charge < -0.3 is 16.4 Å². The van der Waals surface area contributed by atoms with Crippen LogP contribution in [0, 0.1) is 10.1 Å². The summed E-state index contributed by atoms with van der Waals surface area (Å²) >= 11 is 0. The first-order chi connectivity index (χ1) is 16.9. The van der Waals surface area contributed by atoms with E-state index < -0.39 is 43.0 Å². The lowest BCUT2D eigenvalue weighted by Crippen LogP contribution is -2.61. The zero-order chi connectivity index (χ0) is 26.8. The van der Waals surface area contributed by atoms with Crippen molar-refractivity contribution in [3.63, 3.8) is 0 Å². The van der Waals surface area contributed by atoms with E-state index in [1.807, 2.05) is 31.1 Å². The van der Waals surface area contributed by atoms with E-state index in [1.54, 1.807) is 24.3 Å². The third-order valence-corrected chi connectivity index (χ3v) is 8.78. The van der Waals surface area contributed by atoms with Crippen LogP contribution in [0.15, 0.2) is 73.3 Å². The van der Waals surface area contributed by atoms with Gasteiger partial charge in [-0.3, -0.25) is 19.7 Å². The Bertz CT molecular complexity index is 1450. The van der Waals surface area contributed by atoms with Crippen LogP contribution in [0.2, 0.25) is 0 Å². The van der Waals surface area contributed by atoms with Crippen LogP contribution >= 0.6 is 0 Å². The highest BCUT2D eigenvalue weighted by molar-refractivity contribution is 7.94. The fourth-order valence-electron chi connectivity index (χ4n) is 4.29. The van der Waals surface area contributed by atoms with Gasteiger partial charge in [0.1, 0.15) is 5.25 Å². The van der Waals surface area contributed by atoms with Crippen LogP contribution in [0.3, 0.4) is 0 Å². The molecule has 1 unspecified atom stereocenters. The van der Waals surface area contributed by atoms with Crippen molar-refractivity contribution < 1.29 is 22.9 Å². The lowest BCUT2D eigenvalue weighted by molar-refractivity contribution is -0.384. The summed E-state index contributed by atoms with van der Waals surface area (Å²) in [5, 5.41) is 10.8. The molecule has 3 rings (SSSR count). The van der Waals surface area contributed by atoms with Crippen molar-refractivity contribution in [3.05, 3.63) is 94.6 Å². The van der Waals surface area contributed by atoms with Crippen molar-refractivity contribution in [2.45, 2.75) is 16.4 Å². The maximum absolute atomic E-state index is 14.1. The number of non-ortho nitro benzene ring substituents is 1. The minimum Gasteiger partial charge on any atom is -0.377 e. The minimum atomic E-state index is -4.79. The normalized spacial score (nSPS) is 12.6. The van der Waals surface area contributed by atoms with Crippen LogP contribution in [0.5, 0.6) is 0 Å². The second kappa shape index (κ2) is 9.78. The Morgan fingerprint density at radius 3 is 2.08 bits per heavy atom. The standard InChI is InChI=1S/C25H26N4O6S/c1-4-22(20-9-5-8-19-18(20)7-6-10-21(19)28(2)3)36(34,35)25(23(26)30,24(27)31)15-16-11-13-17(14-12-16)29(32)33/h4-14,22H,1,15H2,2-3H3,(H2,26,30)(H2,27,31). The molecule has 3 aromatic rings. The summed E-state index contributed by atoms with van der Waals surface area (Å²) < 4.78 is 25.4. The van der Waals surface area contributed by atoms with Gasteiger partial charge in [0, 0.05) is 43.7 Å². The number of sulfone groups is 1. The lowest BCUT2D eigenvalue weighted by Gasteiger charge is -2.31. The maximum Gasteiger partial charge on any atom is 0.269 e. The van der Waals surface area contributed by atoms with Gasteiger partial charge >= 0.3 is 0 Å². The molecule has 0 bridgehead atoms. The molecule has 0 aliphatic carbocycles. The van der Waals surface area contributed by atoms with E-state index >= 15 is 0 Å². The Labute approximate surface area is 208 Å². The number of benzene rings is 3. The van der Waals surface area contributed by atoms with E-state index in [9.17, 15) is 28.1 Å². The molecule has 3 aromatic carbocycles. The Morgan fingerprint density at radius 1 is 1.03 bits per heavy atom. The van der Waals surface area contributed by atoms with Gasteiger partial charge in [-0.15, -0.1) is 6.58 Å². The molecular weight excluding hydrogens is 484 g/mol. The number of nitro benzene ring substituents is 1. The zero-order valence-electron chi connectivity index (χ0n) is 19.7. The highest BCUT2D eigenvalue weighted by atomic mass is 32.2. The second-order valence-electron chi connectivity index (χ2n) is 8.47. The number of hydrogen-bond acceptors (Lipinski definition) is 7. The minimum absolute atomic E-state index is 0.150. The molecule has 0 spiro atoms. The molecule has 11 heteroatoms. The van der Waals surface area contributed by atoms with Gasteiger partial charge in [0.15, 0.2) is 9.84 Å². The van der Waals surface area contributed by atoms with Crippen LogP contribution in [-0.2, 0) is 25.8 Å². The van der Waals surface area contributed by atoms with E-state index in [-0.39, 0.29) is 11.3 Å². The van der Waals surface area contributed by atoms with Gasteiger partial charge in [-0.05, 0) is 22.6 Å². The van der Waals surface area contributed by atoms with Crippen molar-refractivity contribution >= 4 is 43.8 Å². The number of amides is 2. The van der Waals surface area contributed by atoms with Gasteiger partial charge in [0.25, 0.3) is 5.69 Å². The number of nitrogens with zero attached hydrogens (tertiary/aromatic N) is 2. The molecule has 0 heterocycles. The Kier molecular flexibility index (Phi) is 7.16. The molecule has 4 N–H and O–H groups in total. The van der Waals surface area contributed by atoms with Crippen molar-refractivity contribution in [2.24, 2.45) is 11.5 Å². The monoisotopic (exact) mass is 510 g/mol. The number of rotatable bonds is 10. The molecule has 0 aliphatic rings. The highest BCUT2D eigenvalue weighted by Gasteiger charge is 2.57. The zero-order valence-corrected chi connectivity index (χ0v) is 20.6. The Balaban J connectivity index is 2.25. The fraction of sp³-hybridized carbons (Fsp3) is 0.200. The average molecular weight is 511 g/mol. The van der Waals surface area contributed by atoms with Gasteiger partial charge in [-0.2, -0.15) is 0 Å². The molecule has 10 nitrogen and oxygen atoms in total. The topological polar surface area (TPSA) is 167 Å². The molecule has 0 aliphatic heterocycles. The summed E-state index contributed by atoms with van der Waals surface area (Å²) in [6.07, 6.45) is 0.430. The molecule has 0 fully saturated rings. The van der Waals surface area contributed by atoms with Gasteiger partial charge in [-0.25, -0.2) is 8.42 Å². The molecule has 0 radical (unpaired) electrons. The maximum atomic E-state index is 14.1. The van der Waals surface area contributed by atoms with Gasteiger partial charge in [-0.1, -0.05) is 48.5 Å². The predicted molar refractivity (Wildman–Crippen MR) is 138 cm³/mol. The molecule has 36 heavy (non-hydrogen) atoms. The van der Waals surface area contributed by atoms with Crippen LogP contribution in [-0.4, -0.2) is 44.0 Å². The molecule has 2 amide bonds. The third kappa shape index (κ3) is 4.29. The fourth-order valence-corrected chi connectivity index (χ4v) is 6.45. The van der Waals surface area contributed by atoms with Crippen LogP contribution in [0.1, 0.15) is 16.4 Å². The predicted octanol–water partition coefficient (Wildman–Crippen LogP) is 2.41. The average Bonchev–Trinajstić information content (AvgIpc) is 2.82. The number of carbonyl (C=O) groups is 2. The number of nitrogens with two attached hydrogens (primary N) is 2. The largest absolute Gasteiger partial charge is 0.377 e. The number of carbonyl (C=O) groups excluding carboxylic acids is 2. The summed E-state index contributed by atoms with van der Waals surface area (Å²) in [5.74, 6) is -2.90. The van der Waals surface area contributed by atoms with Crippen LogP contribution in [0.4, 0.5) is 11.4 Å². The van der Waals surface area contributed by atoms with E-state index in [2.05, 4.69) is 6.58 Å². The van der Waals surface area contributed by atoms with E-state index in [0.717, 1.165) is 29.3 Å². The molecule has 188 valence electrons. The van der Waals surface area contributed by atoms with Crippen molar-refractivity contribution in [3.8, 4) is 0 Å². The Morgan fingerprint density at radius 2 is 1.58 bits per heavy atom. The van der Waals surface area contributed by atoms with Crippen molar-refractivity contribution in [2.75, 3.05) is 19.0 Å². The van der Waals surface area contributed by atoms with Gasteiger partial charge in [0.05, 0.1) is 4.92 Å². The molecular formula is C25H26N4O6S. The van der Waals surface area contributed by atoms with Crippen LogP contribution < -0.4 is 16.4 Å². The van der Waals surface area contributed by atoms with E-state index in [1.165, 1.54) is 12.1 Å². The van der Waals surface area contributed by atoms with Crippen molar-refractivity contribution in [1.29, 1.82) is 0 Å². The number of hydrogen-bond donors (Lipinski definition) is 2. The van der Waals surface area contributed by atoms with E-state index in [0.29, 0.717) is 10.9 Å². The first kappa shape index (κ1) is 26.4. The van der Waals surface area contributed by atoms with Crippen LogP contribution in [0.25, 0.3) is 10.8 Å². The quantitative estimate of drug-likeness (QED) is 0.183. The summed E-state index contributed by atoms with van der Waals surface area (Å²) in [6.45, 7) is 3.67. The number of primary amides is 2. The van der Waals surface area contributed by atoms with Crippen molar-refractivity contribution in [1.82, 2.24) is 0 Å². The highest BCUT2D eigenvalue weighted by Crippen LogP contribution is 2.40. The number of nitro groups is 1.